The number of Topliss-reactive ketones (excluding diaryl/α,β-unsaturated/α-hetero) is 1. The summed E-state index contributed by atoms with van der Waals surface area (Å²) in [6, 6.07) is -0.446. The minimum absolute atomic E-state index is 0.0246. The van der Waals surface area contributed by atoms with Crippen LogP contribution in [0.4, 0.5) is 17.5 Å². The molecule has 0 radical (unpaired) electrons. The molecule has 4 heterocycles. The van der Waals surface area contributed by atoms with Crippen LogP contribution < -0.4 is 21.1 Å². The number of hydrogen-bond acceptors (Lipinski definition) is 8. The Morgan fingerprint density at radius 1 is 1.21 bits per heavy atom. The van der Waals surface area contributed by atoms with Crippen LogP contribution in [0.5, 0.6) is 0 Å². The van der Waals surface area contributed by atoms with Gasteiger partial charge in [-0.1, -0.05) is 12.8 Å². The van der Waals surface area contributed by atoms with Crippen molar-refractivity contribution in [3.05, 3.63) is 46.0 Å². The molecule has 9 heteroatoms. The van der Waals surface area contributed by atoms with E-state index >= 15 is 0 Å². The molecular formula is C24H29N7O2. The van der Waals surface area contributed by atoms with Gasteiger partial charge in [-0.3, -0.25) is 14.2 Å². The molecule has 1 saturated carbocycles. The molecule has 1 aliphatic heterocycles. The maximum Gasteiger partial charge on any atom is 0.263 e. The van der Waals surface area contributed by atoms with Crippen molar-refractivity contribution in [3.63, 3.8) is 0 Å². The highest BCUT2D eigenvalue weighted by Gasteiger charge is 2.25. The Bertz CT molecular complexity index is 1770. The lowest BCUT2D eigenvalue weighted by Gasteiger charge is -2.29. The number of ketones is 1. The highest BCUT2D eigenvalue weighted by molar-refractivity contribution is 5.99. The third kappa shape index (κ3) is 4.08. The molecule has 0 unspecified atom stereocenters. The fourth-order valence-electron chi connectivity index (χ4n) is 3.64. The van der Waals surface area contributed by atoms with E-state index in [4.69, 9.17) is 17.8 Å². The quantitative estimate of drug-likeness (QED) is 0.560. The highest BCUT2D eigenvalue weighted by atomic mass is 16.1. The molecule has 5 rings (SSSR count). The molecule has 0 aromatic carbocycles. The van der Waals surface area contributed by atoms with Crippen molar-refractivity contribution >= 4 is 34.3 Å². The van der Waals surface area contributed by atoms with Crippen LogP contribution in [0, 0.1) is 6.92 Å². The Morgan fingerprint density at radius 3 is 2.64 bits per heavy atom. The second-order valence-corrected chi connectivity index (χ2v) is 7.29. The molecule has 0 bridgehead atoms. The van der Waals surface area contributed by atoms with Crippen molar-refractivity contribution in [2.24, 2.45) is 0 Å². The number of carbonyl (C=O) groups is 1. The number of piperazine rings is 1. The summed E-state index contributed by atoms with van der Waals surface area (Å²) in [5.74, 6) is -0.950. The van der Waals surface area contributed by atoms with Crippen LogP contribution in [0.2, 0.25) is 0 Å². The van der Waals surface area contributed by atoms with Gasteiger partial charge >= 0.3 is 0 Å². The van der Waals surface area contributed by atoms with Crippen LogP contribution >= 0.6 is 0 Å². The van der Waals surface area contributed by atoms with Gasteiger partial charge in [-0.2, -0.15) is 4.98 Å². The average Bonchev–Trinajstić information content (AvgIpc) is 3.07. The van der Waals surface area contributed by atoms with Crippen LogP contribution in [-0.2, 0) is 0 Å². The number of hydrogen-bond donors (Lipinski definition) is 2. The SMILES string of the molecule is [2H]C1([2H])CCC([2H])([2H])C1([2H])n1c(=O)c(C(C)=O)c(C)c2cnc(Nc3ccc(N4C([2H])([2H])C([2H])([2H])NC([2H])([2H])C4([2H])[2H])cn3)nc21. The maximum absolute atomic E-state index is 13.7. The van der Waals surface area contributed by atoms with E-state index in [1.54, 1.807) is 5.32 Å². The maximum atomic E-state index is 13.7. The molecule has 33 heavy (non-hydrogen) atoms. The molecule has 2 aliphatic rings. The first kappa shape index (κ1) is 11.2. The Morgan fingerprint density at radius 2 is 1.97 bits per heavy atom. The number of aromatic nitrogens is 4. The van der Waals surface area contributed by atoms with Gasteiger partial charge in [-0.15, -0.1) is 0 Å². The third-order valence-corrected chi connectivity index (χ3v) is 5.17. The zero-order valence-corrected chi connectivity index (χ0v) is 17.8. The number of pyridine rings is 2. The molecule has 2 fully saturated rings. The van der Waals surface area contributed by atoms with Gasteiger partial charge in [0, 0.05) is 54.6 Å². The first-order valence-electron chi connectivity index (χ1n) is 16.6. The summed E-state index contributed by atoms with van der Waals surface area (Å²) in [6.45, 7) is -9.62. The first-order chi connectivity index (χ1) is 20.8. The molecule has 2 N–H and O–H groups in total. The number of rotatable bonds is 5. The minimum atomic E-state index is -3.08. The topological polar surface area (TPSA) is 105 Å². The van der Waals surface area contributed by atoms with E-state index in [9.17, 15) is 9.59 Å². The van der Waals surface area contributed by atoms with Crippen molar-refractivity contribution in [1.82, 2.24) is 24.8 Å². The van der Waals surface area contributed by atoms with Gasteiger partial charge in [-0.25, -0.2) is 9.97 Å². The van der Waals surface area contributed by atoms with E-state index in [1.165, 1.54) is 19.2 Å². The van der Waals surface area contributed by atoms with Gasteiger partial charge < -0.3 is 15.5 Å². The van der Waals surface area contributed by atoms with Crippen molar-refractivity contribution < 1.29 is 22.6 Å². The average molecular weight is 461 g/mol. The summed E-state index contributed by atoms with van der Waals surface area (Å²) in [7, 11) is 0. The Labute approximate surface area is 210 Å². The van der Waals surface area contributed by atoms with Crippen LogP contribution in [0.3, 0.4) is 0 Å². The van der Waals surface area contributed by atoms with Crippen molar-refractivity contribution in [2.75, 3.05) is 36.2 Å². The van der Waals surface area contributed by atoms with Gasteiger partial charge in [-0.05, 0) is 44.3 Å². The van der Waals surface area contributed by atoms with Crippen molar-refractivity contribution in [3.8, 4) is 0 Å². The second-order valence-electron chi connectivity index (χ2n) is 7.29. The summed E-state index contributed by atoms with van der Waals surface area (Å²) in [5.41, 5.74) is -1.93. The summed E-state index contributed by atoms with van der Waals surface area (Å²) in [5, 5.41) is 4.56. The van der Waals surface area contributed by atoms with E-state index in [0.717, 1.165) is 19.2 Å². The first-order valence-corrected chi connectivity index (χ1v) is 10.1. The molecule has 0 amide bonds. The Balaban J connectivity index is 1.62. The monoisotopic (exact) mass is 460 g/mol. The number of nitrogens with zero attached hydrogens (tertiary/aromatic N) is 5. The standard InChI is InChI=1S/C24H29N7O2/c1-15-19-14-27-24(28-20-8-7-18(13-26-20)30-11-9-25-10-12-30)29-22(19)31(17-5-3-4-6-17)23(33)21(15)16(2)32/h7-8,13-14,17,25H,3-6,9-12H2,1-2H3,(H,26,27,28,29)/i5D2,6D2,9D2,10D2,11D2,12D2,17D. The molecule has 1 saturated heterocycles. The van der Waals surface area contributed by atoms with Gasteiger partial charge in [0.25, 0.3) is 5.56 Å². The van der Waals surface area contributed by atoms with Crippen LogP contribution in [0.15, 0.2) is 29.3 Å². The summed E-state index contributed by atoms with van der Waals surface area (Å²) in [6.07, 6.45) is -3.65. The molecule has 172 valence electrons. The molecule has 0 atom stereocenters. The van der Waals surface area contributed by atoms with Crippen molar-refractivity contribution in [2.45, 2.75) is 45.5 Å². The molecule has 3 aromatic heterocycles. The zero-order chi connectivity index (χ0) is 34.6. The minimum Gasteiger partial charge on any atom is -0.368 e. The molecular weight excluding hydrogens is 418 g/mol. The lowest BCUT2D eigenvalue weighted by atomic mass is 10.0. The highest BCUT2D eigenvalue weighted by Crippen LogP contribution is 2.32. The molecule has 9 nitrogen and oxygen atoms in total. The third-order valence-electron chi connectivity index (χ3n) is 5.17. The van der Waals surface area contributed by atoms with Crippen LogP contribution in [0.25, 0.3) is 11.0 Å². The normalized spacial score (nSPS) is 32.9. The fourth-order valence-corrected chi connectivity index (χ4v) is 3.64. The smallest absolute Gasteiger partial charge is 0.263 e. The predicted molar refractivity (Wildman–Crippen MR) is 129 cm³/mol. The van der Waals surface area contributed by atoms with E-state index in [2.05, 4.69) is 20.3 Å². The summed E-state index contributed by atoms with van der Waals surface area (Å²) >= 11 is 0. The molecule has 1 aliphatic carbocycles. The van der Waals surface area contributed by atoms with E-state index in [0.29, 0.717) is 9.47 Å². The fraction of sp³-hybridized carbons (Fsp3) is 0.458. The number of nitrogens with one attached hydrogen (secondary N) is 2. The predicted octanol–water partition coefficient (Wildman–Crippen LogP) is 2.97. The van der Waals surface area contributed by atoms with E-state index in [1.807, 2.05) is 0 Å². The van der Waals surface area contributed by atoms with E-state index in [-0.39, 0.29) is 52.5 Å². The number of fused-ring (bicyclic) bond motifs is 1. The van der Waals surface area contributed by atoms with Crippen molar-refractivity contribution in [1.29, 1.82) is 0 Å². The van der Waals surface area contributed by atoms with E-state index < -0.39 is 56.1 Å². The van der Waals surface area contributed by atoms with Gasteiger partial charge in [0.15, 0.2) is 5.78 Å². The number of aryl methyl sites for hydroxylation is 1. The van der Waals surface area contributed by atoms with Gasteiger partial charge in [0.1, 0.15) is 11.5 Å². The number of carbonyl (C=O) groups excluding carboxylic acids is 1. The zero-order valence-electron chi connectivity index (χ0n) is 30.8. The lowest BCUT2D eigenvalue weighted by Crippen LogP contribution is -2.43. The Hall–Kier alpha value is -3.33. The molecule has 3 aromatic rings. The largest absolute Gasteiger partial charge is 0.368 e. The molecule has 0 spiro atoms. The lowest BCUT2D eigenvalue weighted by molar-refractivity contribution is 0.101. The van der Waals surface area contributed by atoms with Crippen LogP contribution in [-0.4, -0.2) is 51.3 Å². The van der Waals surface area contributed by atoms with Gasteiger partial charge in [0.2, 0.25) is 5.95 Å². The number of anilines is 3. The summed E-state index contributed by atoms with van der Waals surface area (Å²) in [4.78, 5) is 39.1. The van der Waals surface area contributed by atoms with Gasteiger partial charge in [0.05, 0.1) is 24.3 Å². The summed E-state index contributed by atoms with van der Waals surface area (Å²) < 4.78 is 109. The second kappa shape index (κ2) is 8.90. The Kier molecular flexibility index (Phi) is 3.02. The van der Waals surface area contributed by atoms with Crippen LogP contribution in [0.1, 0.15) is 72.3 Å².